The Labute approximate surface area is 182 Å². The number of amides is 1. The number of ether oxygens (including phenoxy) is 2. The largest absolute Gasteiger partial charge is 0.464 e. The van der Waals surface area contributed by atoms with E-state index in [0.29, 0.717) is 13.0 Å². The van der Waals surface area contributed by atoms with E-state index in [1.165, 1.54) is 51.4 Å². The lowest BCUT2D eigenvalue weighted by Crippen LogP contribution is -2.42. The number of unbranched alkanes of at least 4 members (excludes halogenated alkanes) is 9. The molecule has 0 fully saturated rings. The van der Waals surface area contributed by atoms with Crippen molar-refractivity contribution in [1.29, 1.82) is 0 Å². The minimum Gasteiger partial charge on any atom is -0.464 e. The highest BCUT2D eigenvalue weighted by Crippen LogP contribution is 2.11. The quantitative estimate of drug-likeness (QED) is 0.230. The number of carbonyl (C=O) groups is 2. The first-order chi connectivity index (χ1) is 14.7. The maximum atomic E-state index is 12.3. The van der Waals surface area contributed by atoms with Gasteiger partial charge in [-0.1, -0.05) is 108 Å². The number of benzene rings is 1. The van der Waals surface area contributed by atoms with Gasteiger partial charge in [-0.15, -0.1) is 0 Å². The Morgan fingerprint density at radius 3 is 2.00 bits per heavy atom. The zero-order chi connectivity index (χ0) is 21.9. The lowest BCUT2D eigenvalue weighted by molar-refractivity contribution is -0.146. The van der Waals surface area contributed by atoms with Gasteiger partial charge in [0.25, 0.3) is 0 Å². The summed E-state index contributed by atoms with van der Waals surface area (Å²) in [5.41, 5.74) is 0.906. The molecule has 1 aromatic carbocycles. The van der Waals surface area contributed by atoms with Crippen LogP contribution in [-0.2, 0) is 20.9 Å². The third kappa shape index (κ3) is 13.2. The molecule has 0 aliphatic rings. The average Bonchev–Trinajstić information content (AvgIpc) is 2.76. The van der Waals surface area contributed by atoms with Crippen molar-refractivity contribution in [2.45, 2.75) is 104 Å². The van der Waals surface area contributed by atoms with Gasteiger partial charge in [0.05, 0.1) is 6.61 Å². The molecule has 1 rings (SSSR count). The SMILES string of the molecule is CCCCCCCCCCCCOC(=O)C(CCC)NC(=O)OCc1ccccc1. The van der Waals surface area contributed by atoms with Crippen LogP contribution in [0.5, 0.6) is 0 Å². The molecule has 0 radical (unpaired) electrons. The molecule has 0 aliphatic heterocycles. The van der Waals surface area contributed by atoms with Crippen LogP contribution in [0.25, 0.3) is 0 Å². The molecular formula is C25H41NO4. The molecule has 1 unspecified atom stereocenters. The fourth-order valence-corrected chi connectivity index (χ4v) is 3.31. The van der Waals surface area contributed by atoms with Crippen LogP contribution in [0.1, 0.15) is 96.5 Å². The Morgan fingerprint density at radius 2 is 1.40 bits per heavy atom. The third-order valence-corrected chi connectivity index (χ3v) is 5.11. The van der Waals surface area contributed by atoms with Crippen molar-refractivity contribution in [1.82, 2.24) is 5.32 Å². The standard InChI is InChI=1S/C25H41NO4/c1-3-5-6-7-8-9-10-11-12-16-20-29-24(27)23(17-4-2)26-25(28)30-21-22-18-14-13-15-19-22/h13-15,18-19,23H,3-12,16-17,20-21H2,1-2H3,(H,26,28). The summed E-state index contributed by atoms with van der Waals surface area (Å²) >= 11 is 0. The third-order valence-electron chi connectivity index (χ3n) is 5.11. The molecule has 0 aliphatic carbocycles. The average molecular weight is 420 g/mol. The topological polar surface area (TPSA) is 64.6 Å². The lowest BCUT2D eigenvalue weighted by Gasteiger charge is -2.17. The number of hydrogen-bond acceptors (Lipinski definition) is 4. The Hall–Kier alpha value is -2.04. The molecule has 30 heavy (non-hydrogen) atoms. The van der Waals surface area contributed by atoms with E-state index in [9.17, 15) is 9.59 Å². The summed E-state index contributed by atoms with van der Waals surface area (Å²) < 4.78 is 10.6. The Kier molecular flexibility index (Phi) is 15.4. The van der Waals surface area contributed by atoms with Crippen molar-refractivity contribution in [2.24, 2.45) is 0 Å². The van der Waals surface area contributed by atoms with Gasteiger partial charge >= 0.3 is 12.1 Å². The van der Waals surface area contributed by atoms with Gasteiger partial charge in [0.1, 0.15) is 12.6 Å². The molecule has 0 saturated heterocycles. The van der Waals surface area contributed by atoms with E-state index < -0.39 is 12.1 Å². The van der Waals surface area contributed by atoms with Gasteiger partial charge in [0, 0.05) is 0 Å². The second kappa shape index (κ2) is 17.8. The fourth-order valence-electron chi connectivity index (χ4n) is 3.31. The van der Waals surface area contributed by atoms with E-state index in [2.05, 4.69) is 12.2 Å². The summed E-state index contributed by atoms with van der Waals surface area (Å²) in [6.07, 6.45) is 13.1. The van der Waals surface area contributed by atoms with Crippen LogP contribution in [0.4, 0.5) is 4.79 Å². The fraction of sp³-hybridized carbons (Fsp3) is 0.680. The van der Waals surface area contributed by atoms with Crippen LogP contribution in [0.15, 0.2) is 30.3 Å². The maximum Gasteiger partial charge on any atom is 0.408 e. The van der Waals surface area contributed by atoms with Gasteiger partial charge in [-0.2, -0.15) is 0 Å². The smallest absolute Gasteiger partial charge is 0.408 e. The Morgan fingerprint density at radius 1 is 0.800 bits per heavy atom. The first-order valence-electron chi connectivity index (χ1n) is 11.8. The molecule has 1 N–H and O–H groups in total. The number of alkyl carbamates (subject to hydrolysis) is 1. The van der Waals surface area contributed by atoms with Gasteiger partial charge in [-0.05, 0) is 18.4 Å². The second-order valence-corrected chi connectivity index (χ2v) is 7.90. The van der Waals surface area contributed by atoms with E-state index in [-0.39, 0.29) is 12.6 Å². The summed E-state index contributed by atoms with van der Waals surface area (Å²) in [4.78, 5) is 24.3. The van der Waals surface area contributed by atoms with Gasteiger partial charge in [0.2, 0.25) is 0 Å². The zero-order valence-electron chi connectivity index (χ0n) is 19.0. The van der Waals surface area contributed by atoms with Gasteiger partial charge in [-0.3, -0.25) is 0 Å². The molecule has 5 heteroatoms. The lowest BCUT2D eigenvalue weighted by atomic mass is 10.1. The monoisotopic (exact) mass is 419 g/mol. The minimum absolute atomic E-state index is 0.180. The molecule has 0 saturated carbocycles. The highest BCUT2D eigenvalue weighted by Gasteiger charge is 2.22. The van der Waals surface area contributed by atoms with Gasteiger partial charge < -0.3 is 14.8 Å². The van der Waals surface area contributed by atoms with Crippen LogP contribution in [0, 0.1) is 0 Å². The summed E-state index contributed by atoms with van der Waals surface area (Å²) in [6, 6.07) is 8.81. The van der Waals surface area contributed by atoms with Crippen LogP contribution in [-0.4, -0.2) is 24.7 Å². The summed E-state index contributed by atoms with van der Waals surface area (Å²) in [7, 11) is 0. The molecule has 1 atom stereocenters. The van der Waals surface area contributed by atoms with Crippen LogP contribution in [0.3, 0.4) is 0 Å². The van der Waals surface area contributed by atoms with Crippen molar-refractivity contribution < 1.29 is 19.1 Å². The molecule has 0 spiro atoms. The number of carbonyl (C=O) groups excluding carboxylic acids is 2. The van der Waals surface area contributed by atoms with E-state index in [0.717, 1.165) is 24.8 Å². The van der Waals surface area contributed by atoms with Crippen molar-refractivity contribution in [3.8, 4) is 0 Å². The highest BCUT2D eigenvalue weighted by atomic mass is 16.6. The molecule has 0 aromatic heterocycles. The number of nitrogens with one attached hydrogen (secondary N) is 1. The predicted octanol–water partition coefficient (Wildman–Crippen LogP) is 6.55. The van der Waals surface area contributed by atoms with E-state index in [4.69, 9.17) is 9.47 Å². The summed E-state index contributed by atoms with van der Waals surface area (Å²) in [5, 5.41) is 2.64. The molecular weight excluding hydrogens is 378 g/mol. The predicted molar refractivity (Wildman–Crippen MR) is 121 cm³/mol. The van der Waals surface area contributed by atoms with E-state index in [1.54, 1.807) is 0 Å². The molecule has 1 amide bonds. The van der Waals surface area contributed by atoms with Crippen molar-refractivity contribution >= 4 is 12.1 Å². The molecule has 0 bridgehead atoms. The van der Waals surface area contributed by atoms with Crippen LogP contribution in [0.2, 0.25) is 0 Å². The summed E-state index contributed by atoms with van der Waals surface area (Å²) in [5.74, 6) is -0.371. The molecule has 170 valence electrons. The number of rotatable bonds is 17. The van der Waals surface area contributed by atoms with Crippen LogP contribution < -0.4 is 5.32 Å². The first kappa shape index (κ1) is 26.0. The minimum atomic E-state index is -0.651. The highest BCUT2D eigenvalue weighted by molar-refractivity contribution is 5.81. The number of hydrogen-bond donors (Lipinski definition) is 1. The first-order valence-corrected chi connectivity index (χ1v) is 11.8. The van der Waals surface area contributed by atoms with Gasteiger partial charge in [-0.25, -0.2) is 9.59 Å². The molecule has 0 heterocycles. The summed E-state index contributed by atoms with van der Waals surface area (Å²) in [6.45, 7) is 4.81. The van der Waals surface area contributed by atoms with Crippen molar-refractivity contribution in [2.75, 3.05) is 6.61 Å². The van der Waals surface area contributed by atoms with Crippen LogP contribution >= 0.6 is 0 Å². The molecule has 1 aromatic rings. The Bertz CT molecular complexity index is 562. The zero-order valence-corrected chi connectivity index (χ0v) is 19.0. The maximum absolute atomic E-state index is 12.3. The second-order valence-electron chi connectivity index (χ2n) is 7.90. The number of esters is 1. The van der Waals surface area contributed by atoms with Crippen molar-refractivity contribution in [3.05, 3.63) is 35.9 Å². The van der Waals surface area contributed by atoms with E-state index in [1.807, 2.05) is 37.3 Å². The van der Waals surface area contributed by atoms with Gasteiger partial charge in [0.15, 0.2) is 0 Å². The van der Waals surface area contributed by atoms with Crippen molar-refractivity contribution in [3.63, 3.8) is 0 Å². The normalized spacial score (nSPS) is 11.7. The Balaban J connectivity index is 2.13. The van der Waals surface area contributed by atoms with E-state index >= 15 is 0 Å². The molecule has 5 nitrogen and oxygen atoms in total.